The first-order valence-corrected chi connectivity index (χ1v) is 13.8. The Kier molecular flexibility index (Phi) is 8.08. The maximum atomic E-state index is 14.1. The summed E-state index contributed by atoms with van der Waals surface area (Å²) < 4.78 is 18.8. The smallest absolute Gasteiger partial charge is 0.325 e. The lowest BCUT2D eigenvalue weighted by Crippen LogP contribution is -2.40. The Morgan fingerprint density at radius 2 is 1.73 bits per heavy atom. The predicted octanol–water partition coefficient (Wildman–Crippen LogP) is 5.11. The Hall–Kier alpha value is -4.24. The van der Waals surface area contributed by atoms with Crippen molar-refractivity contribution >= 4 is 46.7 Å². The van der Waals surface area contributed by atoms with Crippen LogP contribution in [-0.4, -0.2) is 54.8 Å². The Labute approximate surface area is 242 Å². The van der Waals surface area contributed by atoms with Crippen LogP contribution in [0.4, 0.5) is 15.8 Å². The minimum Gasteiger partial charge on any atom is -0.465 e. The molecule has 0 bridgehead atoms. The molecule has 41 heavy (non-hydrogen) atoms. The molecule has 2 heterocycles. The van der Waals surface area contributed by atoms with E-state index in [1.165, 1.54) is 6.07 Å². The number of para-hydroxylation sites is 2. The molecule has 212 valence electrons. The monoisotopic (exact) mass is 577 g/mol. The molecule has 1 unspecified atom stereocenters. The van der Waals surface area contributed by atoms with Crippen LogP contribution in [0.2, 0.25) is 5.02 Å². The zero-order valence-electron chi connectivity index (χ0n) is 22.5. The van der Waals surface area contributed by atoms with Gasteiger partial charge < -0.3 is 19.9 Å². The van der Waals surface area contributed by atoms with E-state index in [1.807, 2.05) is 24.3 Å². The fourth-order valence-electron chi connectivity index (χ4n) is 5.62. The van der Waals surface area contributed by atoms with E-state index in [-0.39, 0.29) is 53.3 Å². The molecular weight excluding hydrogens is 549 g/mol. The number of hydrogen-bond donors (Lipinski definition) is 1. The van der Waals surface area contributed by atoms with E-state index in [4.69, 9.17) is 16.3 Å². The number of amides is 3. The van der Waals surface area contributed by atoms with Gasteiger partial charge in [0.05, 0.1) is 33.9 Å². The fourth-order valence-corrected chi connectivity index (χ4v) is 5.82. The minimum atomic E-state index is -0.751. The summed E-state index contributed by atoms with van der Waals surface area (Å²) in [4.78, 5) is 55.9. The lowest BCUT2D eigenvalue weighted by atomic mass is 9.78. The predicted molar refractivity (Wildman–Crippen MR) is 153 cm³/mol. The molecule has 3 aromatic carbocycles. The number of carbonyl (C=O) groups excluding carboxylic acids is 4. The van der Waals surface area contributed by atoms with E-state index < -0.39 is 23.1 Å². The van der Waals surface area contributed by atoms with Crippen molar-refractivity contribution in [3.63, 3.8) is 0 Å². The van der Waals surface area contributed by atoms with Gasteiger partial charge in [0.15, 0.2) is 0 Å². The largest absolute Gasteiger partial charge is 0.465 e. The highest BCUT2D eigenvalue weighted by molar-refractivity contribution is 6.34. The standard InChI is InChI=1S/C31H29ClFN3O5/c1-2-41-27(37)19-35-15-13-31(30(35)40)14-16-36(26-10-6-3-7-20(26)18-31)29(39)22-8-4-5-9-25(22)34-28(38)23-17-21(33)11-12-24(23)32/h3-12,17H,2,13-16,18-19H2,1H3,(H,34,38). The number of benzene rings is 3. The summed E-state index contributed by atoms with van der Waals surface area (Å²) >= 11 is 6.12. The summed E-state index contributed by atoms with van der Waals surface area (Å²) in [6.45, 7) is 2.56. The average Bonchev–Trinajstić information content (AvgIpc) is 3.14. The average molecular weight is 578 g/mol. The van der Waals surface area contributed by atoms with Crippen LogP contribution in [0.3, 0.4) is 0 Å². The molecule has 1 N–H and O–H groups in total. The van der Waals surface area contributed by atoms with Crippen molar-refractivity contribution in [1.82, 2.24) is 4.90 Å². The number of anilines is 2. The normalized spacial score (nSPS) is 18.2. The summed E-state index contributed by atoms with van der Waals surface area (Å²) in [7, 11) is 0. The fraction of sp³-hybridized carbons (Fsp3) is 0.290. The van der Waals surface area contributed by atoms with Crippen molar-refractivity contribution in [1.29, 1.82) is 0 Å². The minimum absolute atomic E-state index is 0.0527. The van der Waals surface area contributed by atoms with Crippen LogP contribution in [0.1, 0.15) is 46.0 Å². The molecule has 2 aliphatic rings. The molecule has 0 radical (unpaired) electrons. The molecule has 1 fully saturated rings. The van der Waals surface area contributed by atoms with E-state index in [0.717, 1.165) is 17.7 Å². The third kappa shape index (κ3) is 5.67. The van der Waals surface area contributed by atoms with Crippen LogP contribution in [0.5, 0.6) is 0 Å². The Morgan fingerprint density at radius 1 is 1.00 bits per heavy atom. The number of fused-ring (bicyclic) bond motifs is 1. The number of carbonyl (C=O) groups is 4. The number of ether oxygens (including phenoxy) is 1. The number of esters is 1. The SMILES string of the molecule is CCOC(=O)CN1CCC2(CCN(C(=O)c3ccccc3NC(=O)c3cc(F)ccc3Cl)c3ccccc3C2)C1=O. The molecule has 10 heteroatoms. The van der Waals surface area contributed by atoms with Gasteiger partial charge in [-0.1, -0.05) is 41.9 Å². The highest BCUT2D eigenvalue weighted by atomic mass is 35.5. The zero-order valence-corrected chi connectivity index (χ0v) is 23.2. The molecule has 1 atom stereocenters. The molecule has 0 saturated carbocycles. The molecule has 8 nitrogen and oxygen atoms in total. The summed E-state index contributed by atoms with van der Waals surface area (Å²) in [6, 6.07) is 17.5. The maximum Gasteiger partial charge on any atom is 0.325 e. The molecule has 2 aliphatic heterocycles. The van der Waals surface area contributed by atoms with Crippen molar-refractivity contribution in [2.45, 2.75) is 26.2 Å². The summed E-state index contributed by atoms with van der Waals surface area (Å²) in [5.74, 6) is -2.18. The van der Waals surface area contributed by atoms with Crippen LogP contribution >= 0.6 is 11.6 Å². The quantitative estimate of drug-likeness (QED) is 0.411. The van der Waals surface area contributed by atoms with Gasteiger partial charge in [0.25, 0.3) is 11.8 Å². The molecule has 5 rings (SSSR count). The van der Waals surface area contributed by atoms with Crippen LogP contribution in [0.15, 0.2) is 66.7 Å². The zero-order chi connectivity index (χ0) is 29.1. The van der Waals surface area contributed by atoms with Crippen LogP contribution in [0.25, 0.3) is 0 Å². The highest BCUT2D eigenvalue weighted by Crippen LogP contribution is 2.44. The topological polar surface area (TPSA) is 96.0 Å². The molecule has 1 saturated heterocycles. The summed E-state index contributed by atoms with van der Waals surface area (Å²) in [5, 5.41) is 2.78. The third-order valence-corrected chi connectivity index (χ3v) is 8.01. The van der Waals surface area contributed by atoms with E-state index in [1.54, 1.807) is 41.0 Å². The Bertz CT molecular complexity index is 1530. The van der Waals surface area contributed by atoms with Gasteiger partial charge in [0, 0.05) is 18.8 Å². The molecule has 3 amide bonds. The first-order chi connectivity index (χ1) is 19.7. The van der Waals surface area contributed by atoms with Gasteiger partial charge in [-0.05, 0) is 68.1 Å². The van der Waals surface area contributed by atoms with Gasteiger partial charge in [-0.3, -0.25) is 19.2 Å². The van der Waals surface area contributed by atoms with Crippen molar-refractivity contribution < 1.29 is 28.3 Å². The number of nitrogens with zero attached hydrogens (tertiary/aromatic N) is 2. The molecule has 0 aromatic heterocycles. The van der Waals surface area contributed by atoms with Gasteiger partial charge in [-0.15, -0.1) is 0 Å². The van der Waals surface area contributed by atoms with E-state index in [2.05, 4.69) is 5.32 Å². The van der Waals surface area contributed by atoms with Crippen molar-refractivity contribution in [2.24, 2.45) is 5.41 Å². The number of hydrogen-bond acceptors (Lipinski definition) is 5. The first-order valence-electron chi connectivity index (χ1n) is 13.4. The second-order valence-electron chi connectivity index (χ2n) is 10.2. The number of nitrogens with one attached hydrogen (secondary N) is 1. The maximum absolute atomic E-state index is 14.1. The second kappa shape index (κ2) is 11.7. The summed E-state index contributed by atoms with van der Waals surface area (Å²) in [5.41, 5.74) is 1.21. The molecular formula is C31H29ClFN3O5. The van der Waals surface area contributed by atoms with Crippen LogP contribution in [-0.2, 0) is 20.7 Å². The number of halogens is 2. The van der Waals surface area contributed by atoms with Crippen molar-refractivity contribution in [3.05, 3.63) is 94.3 Å². The van der Waals surface area contributed by atoms with Crippen LogP contribution in [0, 0.1) is 11.2 Å². The lowest BCUT2D eigenvalue weighted by Gasteiger charge is -2.27. The number of rotatable bonds is 6. The summed E-state index contributed by atoms with van der Waals surface area (Å²) in [6.07, 6.45) is 1.39. The van der Waals surface area contributed by atoms with E-state index in [9.17, 15) is 23.6 Å². The Morgan fingerprint density at radius 3 is 2.54 bits per heavy atom. The second-order valence-corrected chi connectivity index (χ2v) is 10.6. The van der Waals surface area contributed by atoms with Gasteiger partial charge in [-0.25, -0.2) is 4.39 Å². The van der Waals surface area contributed by atoms with Crippen LogP contribution < -0.4 is 10.2 Å². The van der Waals surface area contributed by atoms with E-state index in [0.29, 0.717) is 31.5 Å². The van der Waals surface area contributed by atoms with Gasteiger partial charge in [-0.2, -0.15) is 0 Å². The highest BCUT2D eigenvalue weighted by Gasteiger charge is 2.49. The Balaban J connectivity index is 1.42. The molecule has 3 aromatic rings. The van der Waals surface area contributed by atoms with E-state index >= 15 is 0 Å². The first kappa shape index (κ1) is 28.3. The van der Waals surface area contributed by atoms with Gasteiger partial charge >= 0.3 is 5.97 Å². The lowest BCUT2D eigenvalue weighted by molar-refractivity contribution is -0.149. The third-order valence-electron chi connectivity index (χ3n) is 7.68. The number of likely N-dealkylation sites (tertiary alicyclic amines) is 1. The van der Waals surface area contributed by atoms with Crippen molar-refractivity contribution in [2.75, 3.05) is 36.5 Å². The molecule has 0 aliphatic carbocycles. The van der Waals surface area contributed by atoms with Gasteiger partial charge in [0.1, 0.15) is 12.4 Å². The molecule has 1 spiro atoms. The van der Waals surface area contributed by atoms with Crippen molar-refractivity contribution in [3.8, 4) is 0 Å². The van der Waals surface area contributed by atoms with Gasteiger partial charge in [0.2, 0.25) is 5.91 Å².